The molecule has 2 aromatic rings. The second kappa shape index (κ2) is 19.0. The highest BCUT2D eigenvalue weighted by Crippen LogP contribution is 2.26. The number of hydrogen-bond acceptors (Lipinski definition) is 11. The fourth-order valence-electron chi connectivity index (χ4n) is 2.74. The number of aliphatic carboxylic acids is 1. The fourth-order valence-corrected chi connectivity index (χ4v) is 2.99. The van der Waals surface area contributed by atoms with Crippen LogP contribution >= 0.6 is 12.6 Å². The molecule has 0 radical (unpaired) electrons. The number of thiol groups is 1. The number of carbonyl (C=O) groups excluding carboxylic acids is 1. The van der Waals surface area contributed by atoms with Gasteiger partial charge in [0.25, 0.3) is 0 Å². The van der Waals surface area contributed by atoms with Gasteiger partial charge in [-0.1, -0.05) is 12.1 Å². The molecular weight excluding hydrogens is 544 g/mol. The molecule has 0 aromatic heterocycles. The lowest BCUT2D eigenvalue weighted by molar-refractivity contribution is -0.140. The molecule has 13 heteroatoms. The number of aliphatic hydroxyl groups is 3. The molecule has 1 amide bonds. The number of phenolic OH excluding ortho intramolecular Hbond substituents is 2. The van der Waals surface area contributed by atoms with Crippen LogP contribution in [0.25, 0.3) is 0 Å². The second-order valence-corrected chi connectivity index (χ2v) is 9.87. The lowest BCUT2D eigenvalue weighted by atomic mass is 10.1. The molecule has 0 saturated carbocycles. The van der Waals surface area contributed by atoms with E-state index in [2.05, 4.69) is 23.3 Å². The van der Waals surface area contributed by atoms with Gasteiger partial charge in [0.1, 0.15) is 30.3 Å². The zero-order chi connectivity index (χ0) is 30.9. The molecule has 0 fully saturated rings. The summed E-state index contributed by atoms with van der Waals surface area (Å²) in [4.78, 5) is 20.5. The molecule has 2 unspecified atom stereocenters. The average molecular weight is 587 g/mol. The Morgan fingerprint density at radius 2 is 1.57 bits per heavy atom. The van der Waals surface area contributed by atoms with Crippen molar-refractivity contribution in [2.45, 2.75) is 51.5 Å². The highest BCUT2D eigenvalue weighted by atomic mass is 32.1. The van der Waals surface area contributed by atoms with E-state index in [1.54, 1.807) is 19.2 Å². The van der Waals surface area contributed by atoms with Crippen LogP contribution in [-0.2, 0) is 9.59 Å². The van der Waals surface area contributed by atoms with E-state index in [0.29, 0.717) is 23.6 Å². The number of hydrogen-bond donors (Lipinski definition) is 9. The lowest BCUT2D eigenvalue weighted by Crippen LogP contribution is -2.40. The van der Waals surface area contributed by atoms with Crippen molar-refractivity contribution in [2.24, 2.45) is 0 Å². The zero-order valence-corrected chi connectivity index (χ0v) is 24.3. The van der Waals surface area contributed by atoms with Gasteiger partial charge in [0.15, 0.2) is 11.5 Å². The van der Waals surface area contributed by atoms with Gasteiger partial charge < -0.3 is 50.7 Å². The summed E-state index contributed by atoms with van der Waals surface area (Å²) in [5.41, 5.74) is 0.411. The minimum absolute atomic E-state index is 0.0511. The van der Waals surface area contributed by atoms with Gasteiger partial charge in [0.05, 0.1) is 19.8 Å². The van der Waals surface area contributed by atoms with E-state index in [0.717, 1.165) is 0 Å². The van der Waals surface area contributed by atoms with Gasteiger partial charge in [0.2, 0.25) is 5.91 Å². The van der Waals surface area contributed by atoms with Gasteiger partial charge in [-0.25, -0.2) is 4.79 Å². The minimum atomic E-state index is -1.06. The molecule has 0 aliphatic carbocycles. The maximum Gasteiger partial charge on any atom is 0.327 e. The number of ether oxygens (including phenoxy) is 2. The molecule has 0 spiro atoms. The Balaban J connectivity index is 0.000000587. The standard InChI is InChI=1S/C12H19NO3.C10H14O4.C5H9NO3S/c1-12(2,3)13-7-11(16)8-4-9(14)6-10(15)5-8;1-13-9-4-2-3-5-10(9)14-7-8(12)6-11;1-3(7)6-4(2-10)5(8)9/h4-6,11,13-16H,7H2,1-3H3;2-5,8,11-12H,6-7H2,1H3;4,10H,2H2,1H3,(H,6,7)(H,8,9)/t;;4-/m..0/s1. The zero-order valence-electron chi connectivity index (χ0n) is 23.4. The fraction of sp³-hybridized carbons (Fsp3) is 0.481. The van der Waals surface area contributed by atoms with Crippen LogP contribution in [0.2, 0.25) is 0 Å². The highest BCUT2D eigenvalue weighted by molar-refractivity contribution is 7.80. The molecule has 0 aliphatic heterocycles. The molecule has 3 atom stereocenters. The number of carboxylic acid groups (broad SMARTS) is 1. The molecule has 2 rings (SSSR count). The molecule has 8 N–H and O–H groups in total. The number of β-amino-alcohol motifs (C(OH)–C–C–N with tert-alkyl or cyclic N) is 1. The maximum absolute atomic E-state index is 10.3. The number of benzene rings is 2. The summed E-state index contributed by atoms with van der Waals surface area (Å²) in [5, 5.41) is 59.8. The first kappa shape index (κ1) is 36.8. The predicted molar refractivity (Wildman–Crippen MR) is 153 cm³/mol. The Kier molecular flexibility index (Phi) is 17.4. The largest absolute Gasteiger partial charge is 0.508 e. The van der Waals surface area contributed by atoms with E-state index in [9.17, 15) is 24.9 Å². The Morgan fingerprint density at radius 1 is 1.02 bits per heavy atom. The van der Waals surface area contributed by atoms with Crippen LogP contribution in [0, 0.1) is 0 Å². The van der Waals surface area contributed by atoms with Crippen LogP contribution in [0.5, 0.6) is 23.0 Å². The van der Waals surface area contributed by atoms with Gasteiger partial charge in [-0.2, -0.15) is 12.6 Å². The predicted octanol–water partition coefficient (Wildman–Crippen LogP) is 1.45. The molecule has 0 bridgehead atoms. The summed E-state index contributed by atoms with van der Waals surface area (Å²) in [6, 6.07) is 10.4. The van der Waals surface area contributed by atoms with Crippen molar-refractivity contribution in [3.8, 4) is 23.0 Å². The van der Waals surface area contributed by atoms with Crippen molar-refractivity contribution in [3.05, 3.63) is 48.0 Å². The number of methoxy groups -OCH3 is 1. The maximum atomic E-state index is 10.3. The Bertz CT molecular complexity index is 1010. The highest BCUT2D eigenvalue weighted by Gasteiger charge is 2.16. The van der Waals surface area contributed by atoms with Crippen LogP contribution in [0.4, 0.5) is 0 Å². The van der Waals surface area contributed by atoms with Gasteiger partial charge in [-0.15, -0.1) is 0 Å². The van der Waals surface area contributed by atoms with Crippen LogP contribution in [0.15, 0.2) is 42.5 Å². The summed E-state index contributed by atoms with van der Waals surface area (Å²) < 4.78 is 10.3. The molecule has 40 heavy (non-hydrogen) atoms. The number of carbonyl (C=O) groups is 2. The third-order valence-electron chi connectivity index (χ3n) is 4.70. The number of aliphatic hydroxyl groups excluding tert-OH is 3. The molecule has 2 aromatic carbocycles. The topological polar surface area (TPSA) is 198 Å². The number of amides is 1. The quantitative estimate of drug-likeness (QED) is 0.173. The summed E-state index contributed by atoms with van der Waals surface area (Å²) in [7, 11) is 1.55. The molecule has 0 aliphatic rings. The van der Waals surface area contributed by atoms with E-state index < -0.39 is 24.2 Å². The van der Waals surface area contributed by atoms with Crippen molar-refractivity contribution in [2.75, 3.05) is 32.6 Å². The second-order valence-electron chi connectivity index (χ2n) is 9.50. The van der Waals surface area contributed by atoms with Crippen LogP contribution in [0.1, 0.15) is 39.4 Å². The Labute approximate surface area is 240 Å². The number of nitrogens with one attached hydrogen (secondary N) is 2. The van der Waals surface area contributed by atoms with Gasteiger partial charge in [0, 0.05) is 30.8 Å². The van der Waals surface area contributed by atoms with Crippen LogP contribution < -0.4 is 20.1 Å². The van der Waals surface area contributed by atoms with Gasteiger partial charge >= 0.3 is 5.97 Å². The summed E-state index contributed by atoms with van der Waals surface area (Å²) >= 11 is 3.73. The van der Waals surface area contributed by atoms with Crippen LogP contribution in [0.3, 0.4) is 0 Å². The minimum Gasteiger partial charge on any atom is -0.508 e. The molecule has 226 valence electrons. The van der Waals surface area contributed by atoms with Gasteiger partial charge in [-0.05, 0) is 50.6 Å². The smallest absolute Gasteiger partial charge is 0.327 e. The first-order valence-corrected chi connectivity index (χ1v) is 12.9. The van der Waals surface area contributed by atoms with E-state index in [-0.39, 0.29) is 41.9 Å². The number of aromatic hydroxyl groups is 2. The van der Waals surface area contributed by atoms with Crippen molar-refractivity contribution < 1.29 is 49.7 Å². The van der Waals surface area contributed by atoms with Crippen LogP contribution in [-0.4, -0.2) is 92.8 Å². The van der Waals surface area contributed by atoms with Crippen molar-refractivity contribution in [1.29, 1.82) is 0 Å². The van der Waals surface area contributed by atoms with E-state index in [1.165, 1.54) is 25.1 Å². The first-order valence-electron chi connectivity index (χ1n) is 12.2. The number of phenols is 2. The van der Waals surface area contributed by atoms with E-state index >= 15 is 0 Å². The monoisotopic (exact) mass is 586 g/mol. The summed E-state index contributed by atoms with van der Waals surface area (Å²) in [6.45, 7) is 7.37. The van der Waals surface area contributed by atoms with Crippen molar-refractivity contribution in [1.82, 2.24) is 10.6 Å². The first-order chi connectivity index (χ1) is 18.6. The van der Waals surface area contributed by atoms with Crippen molar-refractivity contribution in [3.63, 3.8) is 0 Å². The number of para-hydroxylation sites is 2. The van der Waals surface area contributed by atoms with Gasteiger partial charge in [-0.3, -0.25) is 4.79 Å². The summed E-state index contributed by atoms with van der Waals surface area (Å²) in [6.07, 6.45) is -1.61. The number of rotatable bonds is 11. The van der Waals surface area contributed by atoms with E-state index in [1.807, 2.05) is 32.9 Å². The number of carboxylic acids is 1. The normalized spacial score (nSPS) is 12.8. The Morgan fingerprint density at radius 3 is 1.98 bits per heavy atom. The third kappa shape index (κ3) is 16.7. The molecule has 0 heterocycles. The van der Waals surface area contributed by atoms with Crippen molar-refractivity contribution >= 4 is 24.5 Å². The Hall–Kier alpha value is -3.23. The summed E-state index contributed by atoms with van der Waals surface area (Å²) in [5.74, 6) is -0.254. The SMILES string of the molecule is CC(=O)N[C@@H](CS)C(=O)O.CC(C)(C)NCC(O)c1cc(O)cc(O)c1.COc1ccccc1OCC(O)CO. The molecule has 0 saturated heterocycles. The van der Waals surface area contributed by atoms with E-state index in [4.69, 9.17) is 24.8 Å². The average Bonchev–Trinajstić information content (AvgIpc) is 2.88. The molecule has 12 nitrogen and oxygen atoms in total. The lowest BCUT2D eigenvalue weighted by Gasteiger charge is -2.23. The molecular formula is C27H42N2O10S. The third-order valence-corrected chi connectivity index (χ3v) is 5.07.